The number of imidazole rings is 1. The van der Waals surface area contributed by atoms with E-state index in [0.29, 0.717) is 13.0 Å². The van der Waals surface area contributed by atoms with Crippen LogP contribution in [0.1, 0.15) is 54.8 Å². The van der Waals surface area contributed by atoms with Gasteiger partial charge < -0.3 is 14.5 Å². The average molecular weight is 454 g/mol. The topological polar surface area (TPSA) is 64.2 Å². The van der Waals surface area contributed by atoms with Gasteiger partial charge >= 0.3 is 5.97 Å². The normalized spacial score (nSPS) is 15.9. The van der Waals surface area contributed by atoms with Gasteiger partial charge in [-0.15, -0.1) is 0 Å². The average Bonchev–Trinajstić information content (AvgIpc) is 3.10. The predicted molar refractivity (Wildman–Crippen MR) is 104 cm³/mol. The lowest BCUT2D eigenvalue weighted by molar-refractivity contribution is -0.149. The van der Waals surface area contributed by atoms with E-state index < -0.39 is 0 Å². The van der Waals surface area contributed by atoms with Gasteiger partial charge in [-0.3, -0.25) is 4.79 Å². The maximum Gasteiger partial charge on any atom is 0.306 e. The van der Waals surface area contributed by atoms with Gasteiger partial charge in [-0.05, 0) is 72.0 Å². The minimum absolute atomic E-state index is 0.100. The number of ether oxygens (including phenoxy) is 2. The molecule has 134 valence electrons. The third kappa shape index (κ3) is 4.54. The lowest BCUT2D eigenvalue weighted by atomic mass is 10.1. The van der Waals surface area contributed by atoms with E-state index in [-0.39, 0.29) is 12.1 Å². The first-order valence-electron chi connectivity index (χ1n) is 8.73. The van der Waals surface area contributed by atoms with E-state index >= 15 is 0 Å². The molecule has 0 fully saturated rings. The zero-order valence-electron chi connectivity index (χ0n) is 14.6. The molecule has 0 radical (unpaired) electrons. The Morgan fingerprint density at radius 1 is 1.44 bits per heavy atom. The highest BCUT2D eigenvalue weighted by Gasteiger charge is 2.26. The molecule has 1 aromatic carbocycles. The number of esters is 1. The van der Waals surface area contributed by atoms with Crippen molar-refractivity contribution in [2.24, 2.45) is 0 Å². The third-order valence-electron chi connectivity index (χ3n) is 4.43. The van der Waals surface area contributed by atoms with Crippen LogP contribution < -0.4 is 4.74 Å². The van der Waals surface area contributed by atoms with Crippen molar-refractivity contribution in [2.45, 2.75) is 52.1 Å². The van der Waals surface area contributed by atoms with Crippen LogP contribution in [0.4, 0.5) is 0 Å². The molecule has 3 rings (SSSR count). The van der Waals surface area contributed by atoms with Crippen LogP contribution in [0.2, 0.25) is 0 Å². The minimum atomic E-state index is -0.107. The van der Waals surface area contributed by atoms with E-state index in [1.165, 1.54) is 5.56 Å². The molecule has 0 saturated heterocycles. The van der Waals surface area contributed by atoms with Crippen LogP contribution in [0, 0.1) is 10.8 Å². The van der Waals surface area contributed by atoms with Crippen molar-refractivity contribution in [2.75, 3.05) is 6.61 Å². The zero-order valence-corrected chi connectivity index (χ0v) is 16.8. The number of carbonyl (C=O) groups excluding carboxylic acids is 1. The summed E-state index contributed by atoms with van der Waals surface area (Å²) in [5.74, 6) is 0.756. The van der Waals surface area contributed by atoms with Crippen molar-refractivity contribution >= 4 is 28.6 Å². The maximum atomic E-state index is 11.7. The molecular formula is C19H23IN2O3. The first-order valence-corrected chi connectivity index (χ1v) is 9.80. The highest BCUT2D eigenvalue weighted by molar-refractivity contribution is 14.1. The highest BCUT2D eigenvalue weighted by atomic mass is 127. The van der Waals surface area contributed by atoms with Gasteiger partial charge in [0.1, 0.15) is 11.9 Å². The number of carbonyl (C=O) groups is 1. The number of halogens is 1. The van der Waals surface area contributed by atoms with Crippen LogP contribution in [-0.4, -0.2) is 22.5 Å². The number of rotatable bonds is 7. The summed E-state index contributed by atoms with van der Waals surface area (Å²) in [6, 6.07) is 6.07. The van der Waals surface area contributed by atoms with Crippen molar-refractivity contribution < 1.29 is 14.3 Å². The van der Waals surface area contributed by atoms with E-state index in [1.54, 1.807) is 0 Å². The third-order valence-corrected chi connectivity index (χ3v) is 4.94. The molecule has 0 amide bonds. The number of hydrogen-bond donors (Lipinski definition) is 1. The smallest absolute Gasteiger partial charge is 0.306 e. The fourth-order valence-electron chi connectivity index (χ4n) is 3.15. The molecule has 0 saturated carbocycles. The van der Waals surface area contributed by atoms with Gasteiger partial charge in [-0.2, -0.15) is 0 Å². The van der Waals surface area contributed by atoms with Crippen molar-refractivity contribution in [3.63, 3.8) is 0 Å². The predicted octanol–water partition coefficient (Wildman–Crippen LogP) is 4.27. The number of nitrogens with one attached hydrogen (secondary N) is 1. The van der Waals surface area contributed by atoms with Crippen molar-refractivity contribution in [3.8, 4) is 5.75 Å². The van der Waals surface area contributed by atoms with Gasteiger partial charge in [0, 0.05) is 18.5 Å². The Morgan fingerprint density at radius 3 is 3.00 bits per heavy atom. The van der Waals surface area contributed by atoms with Crippen LogP contribution in [0.5, 0.6) is 5.75 Å². The first-order chi connectivity index (χ1) is 12.1. The molecule has 0 unspecified atom stereocenters. The SMILES string of the molecule is CCCC(=O)O[C@H]1CCc2cc(OCCc3nc(I)[nH]c3C)ccc21. The molecule has 2 aromatic rings. The maximum absolute atomic E-state index is 11.7. The van der Waals surface area contributed by atoms with Crippen LogP contribution in [-0.2, 0) is 22.4 Å². The lowest BCUT2D eigenvalue weighted by Crippen LogP contribution is -2.08. The van der Waals surface area contributed by atoms with Crippen LogP contribution in [0.25, 0.3) is 0 Å². The number of nitrogens with zero attached hydrogens (tertiary/aromatic N) is 1. The fourth-order valence-corrected chi connectivity index (χ4v) is 3.85. The molecule has 0 spiro atoms. The minimum Gasteiger partial charge on any atom is -0.493 e. The second kappa shape index (κ2) is 8.21. The Labute approximate surface area is 161 Å². The molecule has 5 nitrogen and oxygen atoms in total. The monoisotopic (exact) mass is 454 g/mol. The van der Waals surface area contributed by atoms with Crippen molar-refractivity contribution in [1.29, 1.82) is 0 Å². The molecular weight excluding hydrogens is 431 g/mol. The molecule has 1 aromatic heterocycles. The number of benzene rings is 1. The van der Waals surface area contributed by atoms with E-state index in [9.17, 15) is 4.79 Å². The first kappa shape index (κ1) is 18.2. The Balaban J connectivity index is 1.57. The number of fused-ring (bicyclic) bond motifs is 1. The second-order valence-electron chi connectivity index (χ2n) is 6.33. The van der Waals surface area contributed by atoms with Gasteiger partial charge in [0.25, 0.3) is 0 Å². The van der Waals surface area contributed by atoms with E-state index in [4.69, 9.17) is 9.47 Å². The summed E-state index contributed by atoms with van der Waals surface area (Å²) in [4.78, 5) is 19.4. The van der Waals surface area contributed by atoms with Gasteiger partial charge in [-0.1, -0.05) is 13.0 Å². The van der Waals surface area contributed by atoms with Crippen LogP contribution in [0.3, 0.4) is 0 Å². The Bertz CT molecular complexity index is 757. The summed E-state index contributed by atoms with van der Waals surface area (Å²) >= 11 is 2.18. The zero-order chi connectivity index (χ0) is 17.8. The molecule has 25 heavy (non-hydrogen) atoms. The number of aromatic amines is 1. The molecule has 0 aliphatic heterocycles. The standard InChI is InChI=1S/C19H23IN2O3/c1-3-4-18(23)25-17-8-5-13-11-14(6-7-15(13)17)24-10-9-16-12(2)21-19(20)22-16/h6-7,11,17H,3-5,8-10H2,1-2H3,(H,21,22)/t17-/m0/s1. The summed E-state index contributed by atoms with van der Waals surface area (Å²) in [7, 11) is 0. The van der Waals surface area contributed by atoms with E-state index in [0.717, 1.165) is 52.2 Å². The summed E-state index contributed by atoms with van der Waals surface area (Å²) in [6.45, 7) is 4.61. The van der Waals surface area contributed by atoms with E-state index in [1.807, 2.05) is 26.0 Å². The van der Waals surface area contributed by atoms with Gasteiger partial charge in [0.2, 0.25) is 0 Å². The van der Waals surface area contributed by atoms with Crippen LogP contribution in [0.15, 0.2) is 18.2 Å². The van der Waals surface area contributed by atoms with Gasteiger partial charge in [0.05, 0.1) is 12.3 Å². The van der Waals surface area contributed by atoms with Gasteiger partial charge in [0.15, 0.2) is 3.83 Å². The lowest BCUT2D eigenvalue weighted by Gasteiger charge is -2.14. The molecule has 1 aliphatic carbocycles. The number of aryl methyl sites for hydroxylation is 2. The summed E-state index contributed by atoms with van der Waals surface area (Å²) in [6.07, 6.45) is 3.77. The Hall–Kier alpha value is -1.57. The van der Waals surface area contributed by atoms with Crippen molar-refractivity contribution in [1.82, 2.24) is 9.97 Å². The number of aromatic nitrogens is 2. The Kier molecular flexibility index (Phi) is 5.98. The second-order valence-corrected chi connectivity index (χ2v) is 7.35. The summed E-state index contributed by atoms with van der Waals surface area (Å²) < 4.78 is 12.4. The molecule has 0 bridgehead atoms. The summed E-state index contributed by atoms with van der Waals surface area (Å²) in [5.41, 5.74) is 4.49. The Morgan fingerprint density at radius 2 is 2.28 bits per heavy atom. The molecule has 6 heteroatoms. The molecule has 1 heterocycles. The van der Waals surface area contributed by atoms with Gasteiger partial charge in [-0.25, -0.2) is 4.98 Å². The largest absolute Gasteiger partial charge is 0.493 e. The van der Waals surface area contributed by atoms with Crippen LogP contribution >= 0.6 is 22.6 Å². The summed E-state index contributed by atoms with van der Waals surface area (Å²) in [5, 5.41) is 0. The number of H-pyrrole nitrogens is 1. The number of hydrogen-bond acceptors (Lipinski definition) is 4. The molecule has 1 aliphatic rings. The molecule has 1 N–H and O–H groups in total. The van der Waals surface area contributed by atoms with Crippen molar-refractivity contribution in [3.05, 3.63) is 44.5 Å². The fraction of sp³-hybridized carbons (Fsp3) is 0.474. The quantitative estimate of drug-likeness (QED) is 0.501. The van der Waals surface area contributed by atoms with E-state index in [2.05, 4.69) is 38.6 Å². The highest BCUT2D eigenvalue weighted by Crippen LogP contribution is 2.36. The molecule has 1 atom stereocenters.